The third-order valence-electron chi connectivity index (χ3n) is 8.83. The van der Waals surface area contributed by atoms with Crippen LogP contribution in [0.2, 0.25) is 0 Å². The van der Waals surface area contributed by atoms with Crippen LogP contribution in [0, 0.1) is 0 Å². The lowest BCUT2D eigenvalue weighted by molar-refractivity contribution is -0.117. The minimum absolute atomic E-state index is 0.0502. The largest absolute Gasteiger partial charge is 0.506 e. The summed E-state index contributed by atoms with van der Waals surface area (Å²) >= 11 is 0. The quantitative estimate of drug-likeness (QED) is 0.0604. The molecular weight excluding hydrogens is 827 g/mol. The molecular formula is C38H27N7O11S3. The monoisotopic (exact) mass is 853 g/mol. The number of amides is 1. The average Bonchev–Trinajstić information content (AvgIpc) is 3.18. The number of hydrogen-bond donors (Lipinski definition) is 5. The van der Waals surface area contributed by atoms with Crippen LogP contribution in [-0.4, -0.2) is 49.9 Å². The summed E-state index contributed by atoms with van der Waals surface area (Å²) in [6.45, 7) is 0. The summed E-state index contributed by atoms with van der Waals surface area (Å²) in [4.78, 5) is 9.93. The predicted octanol–water partition coefficient (Wildman–Crippen LogP) is 8.87. The van der Waals surface area contributed by atoms with E-state index in [0.29, 0.717) is 27.7 Å². The van der Waals surface area contributed by atoms with Crippen LogP contribution in [0.25, 0.3) is 32.3 Å². The fraction of sp³-hybridized carbons (Fsp3) is 0.0263. The molecule has 1 amide bonds. The standard InChI is InChI=1S/C38H27N7O11S3/c39-37(47)17-21-1-4-23(5-2-21)40-41-32-12-14-34(30-19-25(58(51,52)53)7-10-28(30)32)43-42-33-13-15-35(31-20-26(59(54,55)56)8-11-29(31)33)44-45-38-27-9-6-24(57(48,49)50)18-22(27)3-16-36(38)46/h1-16,18-20,46H,17H2,(H2,39,47)(H,48,49,50)(H,51,52,53)(H,54,55,56). The highest BCUT2D eigenvalue weighted by atomic mass is 32.2. The van der Waals surface area contributed by atoms with Crippen LogP contribution in [0.1, 0.15) is 5.56 Å². The third-order valence-corrected chi connectivity index (χ3v) is 11.4. The Labute approximate surface area is 334 Å². The summed E-state index contributed by atoms with van der Waals surface area (Å²) in [6.07, 6.45) is 0.0502. The van der Waals surface area contributed by atoms with Crippen molar-refractivity contribution in [3.8, 4) is 5.75 Å². The number of nitrogens with two attached hydrogens (primary N) is 1. The van der Waals surface area contributed by atoms with Gasteiger partial charge in [0.2, 0.25) is 5.91 Å². The molecule has 18 nitrogen and oxygen atoms in total. The van der Waals surface area contributed by atoms with Crippen molar-refractivity contribution in [3.05, 3.63) is 121 Å². The molecule has 59 heavy (non-hydrogen) atoms. The van der Waals surface area contributed by atoms with Crippen LogP contribution in [0.4, 0.5) is 34.1 Å². The number of fused-ring (bicyclic) bond motifs is 3. The van der Waals surface area contributed by atoms with Gasteiger partial charge in [0.1, 0.15) is 11.4 Å². The summed E-state index contributed by atoms with van der Waals surface area (Å²) in [5.41, 5.74) is 6.95. The molecule has 0 atom stereocenters. The van der Waals surface area contributed by atoms with Crippen molar-refractivity contribution < 1.29 is 48.8 Å². The Balaban J connectivity index is 1.30. The number of carbonyl (C=O) groups excluding carboxylic acids is 1. The van der Waals surface area contributed by atoms with Crippen molar-refractivity contribution >= 4 is 103 Å². The van der Waals surface area contributed by atoms with Gasteiger partial charge in [-0.3, -0.25) is 18.5 Å². The smallest absolute Gasteiger partial charge is 0.294 e. The number of phenolic OH excluding ortho intramolecular Hbond substituents is 1. The molecule has 7 aromatic rings. The van der Waals surface area contributed by atoms with Gasteiger partial charge >= 0.3 is 0 Å². The van der Waals surface area contributed by atoms with Crippen LogP contribution in [0.5, 0.6) is 5.75 Å². The normalized spacial score (nSPS) is 12.8. The zero-order valence-corrected chi connectivity index (χ0v) is 32.3. The van der Waals surface area contributed by atoms with E-state index in [1.54, 1.807) is 30.3 Å². The van der Waals surface area contributed by atoms with Crippen molar-refractivity contribution in [1.82, 2.24) is 0 Å². The average molecular weight is 854 g/mol. The van der Waals surface area contributed by atoms with Crippen LogP contribution < -0.4 is 5.73 Å². The van der Waals surface area contributed by atoms with Crippen LogP contribution in [0.15, 0.2) is 161 Å². The van der Waals surface area contributed by atoms with Gasteiger partial charge < -0.3 is 10.8 Å². The highest BCUT2D eigenvalue weighted by molar-refractivity contribution is 7.86. The SMILES string of the molecule is NC(=O)Cc1ccc(N=Nc2ccc(N=Nc3ccc(N=Nc4c(O)ccc5cc(S(=O)(=O)O)ccc45)c4cc(S(=O)(=O)O)ccc34)c3cc(S(=O)(=O)O)ccc23)cc1. The maximum atomic E-state index is 12.2. The molecule has 0 saturated carbocycles. The van der Waals surface area contributed by atoms with E-state index in [1.807, 2.05) is 0 Å². The Hall–Kier alpha value is -6.88. The van der Waals surface area contributed by atoms with E-state index < -0.39 is 46.1 Å². The van der Waals surface area contributed by atoms with E-state index in [0.717, 1.165) is 18.2 Å². The van der Waals surface area contributed by atoms with Gasteiger partial charge in [-0.2, -0.15) is 30.4 Å². The molecule has 0 bridgehead atoms. The molecule has 7 rings (SSSR count). The number of nitrogens with zero attached hydrogens (tertiary/aromatic N) is 6. The lowest BCUT2D eigenvalue weighted by atomic mass is 10.1. The molecule has 298 valence electrons. The van der Waals surface area contributed by atoms with E-state index in [4.69, 9.17) is 5.73 Å². The van der Waals surface area contributed by atoms with Gasteiger partial charge in [0.15, 0.2) is 0 Å². The summed E-state index contributed by atoms with van der Waals surface area (Å²) < 4.78 is 101. The molecule has 6 N–H and O–H groups in total. The van der Waals surface area contributed by atoms with Crippen LogP contribution in [0.3, 0.4) is 0 Å². The van der Waals surface area contributed by atoms with Gasteiger partial charge in [0.25, 0.3) is 30.4 Å². The summed E-state index contributed by atoms with van der Waals surface area (Å²) in [5.74, 6) is -0.823. The first-order valence-electron chi connectivity index (χ1n) is 16.8. The highest BCUT2D eigenvalue weighted by Crippen LogP contribution is 2.41. The molecule has 7 aromatic carbocycles. The van der Waals surface area contributed by atoms with Gasteiger partial charge in [-0.05, 0) is 89.8 Å². The van der Waals surface area contributed by atoms with Crippen LogP contribution >= 0.6 is 0 Å². The molecule has 0 fully saturated rings. The van der Waals surface area contributed by atoms with Crippen molar-refractivity contribution in [2.45, 2.75) is 21.1 Å². The number of hydrogen-bond acceptors (Lipinski definition) is 14. The number of azo groups is 3. The summed E-state index contributed by atoms with van der Waals surface area (Å²) in [6, 6.07) is 26.2. The van der Waals surface area contributed by atoms with Crippen molar-refractivity contribution in [3.63, 3.8) is 0 Å². The number of primary amides is 1. The summed E-state index contributed by atoms with van der Waals surface area (Å²) in [7, 11) is -13.9. The van der Waals surface area contributed by atoms with Crippen molar-refractivity contribution in [2.24, 2.45) is 36.4 Å². The second-order valence-electron chi connectivity index (χ2n) is 12.8. The maximum Gasteiger partial charge on any atom is 0.294 e. The predicted molar refractivity (Wildman–Crippen MR) is 215 cm³/mol. The zero-order valence-electron chi connectivity index (χ0n) is 29.8. The maximum absolute atomic E-state index is 12.2. The lowest BCUT2D eigenvalue weighted by Crippen LogP contribution is -2.13. The van der Waals surface area contributed by atoms with Crippen molar-refractivity contribution in [2.75, 3.05) is 0 Å². The topological polar surface area (TPSA) is 301 Å². The first kappa shape index (κ1) is 40.3. The first-order chi connectivity index (χ1) is 27.8. The number of phenols is 1. The molecule has 0 aromatic heterocycles. The number of carbonyl (C=O) groups is 1. The molecule has 0 heterocycles. The number of benzene rings is 7. The lowest BCUT2D eigenvalue weighted by Gasteiger charge is -2.09. The van der Waals surface area contributed by atoms with E-state index in [2.05, 4.69) is 30.7 Å². The Bertz CT molecular complexity index is 3320. The van der Waals surface area contributed by atoms with E-state index >= 15 is 0 Å². The van der Waals surface area contributed by atoms with Gasteiger partial charge in [-0.25, -0.2) is 0 Å². The zero-order chi connectivity index (χ0) is 42.3. The Morgan fingerprint density at radius 1 is 0.475 bits per heavy atom. The van der Waals surface area contributed by atoms with Crippen LogP contribution in [-0.2, 0) is 41.6 Å². The summed E-state index contributed by atoms with van der Waals surface area (Å²) in [5, 5.41) is 37.9. The Morgan fingerprint density at radius 3 is 1.37 bits per heavy atom. The molecule has 0 radical (unpaired) electrons. The Kier molecular flexibility index (Phi) is 10.6. The molecule has 0 aliphatic heterocycles. The number of aromatic hydroxyl groups is 1. The van der Waals surface area contributed by atoms with E-state index in [-0.39, 0.29) is 61.4 Å². The molecule has 0 saturated heterocycles. The third kappa shape index (κ3) is 8.84. The molecule has 0 spiro atoms. The molecule has 0 unspecified atom stereocenters. The minimum atomic E-state index is -4.71. The Morgan fingerprint density at radius 2 is 0.898 bits per heavy atom. The number of rotatable bonds is 11. The van der Waals surface area contributed by atoms with Gasteiger partial charge in [-0.15, -0.1) is 25.6 Å². The van der Waals surface area contributed by atoms with Gasteiger partial charge in [-0.1, -0.05) is 36.4 Å². The minimum Gasteiger partial charge on any atom is -0.506 e. The highest BCUT2D eigenvalue weighted by Gasteiger charge is 2.17. The molecule has 21 heteroatoms. The first-order valence-corrected chi connectivity index (χ1v) is 21.1. The fourth-order valence-electron chi connectivity index (χ4n) is 6.01. The van der Waals surface area contributed by atoms with Gasteiger partial charge in [0.05, 0.1) is 49.5 Å². The second kappa shape index (κ2) is 15.5. The second-order valence-corrected chi connectivity index (χ2v) is 17.0. The molecule has 0 aliphatic rings. The van der Waals surface area contributed by atoms with Gasteiger partial charge in [0, 0.05) is 26.9 Å². The van der Waals surface area contributed by atoms with E-state index in [1.165, 1.54) is 66.7 Å². The van der Waals surface area contributed by atoms with E-state index in [9.17, 15) is 48.8 Å². The van der Waals surface area contributed by atoms with Crippen molar-refractivity contribution in [1.29, 1.82) is 0 Å². The fourth-order valence-corrected chi connectivity index (χ4v) is 7.54. The molecule has 0 aliphatic carbocycles.